The summed E-state index contributed by atoms with van der Waals surface area (Å²) < 4.78 is 0. The summed E-state index contributed by atoms with van der Waals surface area (Å²) in [5.74, 6) is 0. The molecule has 13 heavy (non-hydrogen) atoms. The third-order valence-corrected chi connectivity index (χ3v) is 2.09. The van der Waals surface area contributed by atoms with Crippen molar-refractivity contribution in [2.45, 2.75) is 25.9 Å². The molecular formula is C12H16O. The molecule has 1 heteroatoms. The Hall–Kier alpha value is -1.08. The molecule has 0 heterocycles. The van der Waals surface area contributed by atoms with Crippen LogP contribution in [-0.4, -0.2) is 5.11 Å². The van der Waals surface area contributed by atoms with Crippen LogP contribution in [0.3, 0.4) is 0 Å². The second-order valence-electron chi connectivity index (χ2n) is 3.18. The third-order valence-electron chi connectivity index (χ3n) is 2.09. The second kappa shape index (κ2) is 4.83. The van der Waals surface area contributed by atoms with Crippen LogP contribution in [0.25, 0.3) is 6.08 Å². The fraction of sp³-hybridized carbons (Fsp3) is 0.333. The van der Waals surface area contributed by atoms with E-state index in [4.69, 9.17) is 0 Å². The molecule has 0 radical (unpaired) electrons. The van der Waals surface area contributed by atoms with Crippen molar-refractivity contribution in [1.82, 2.24) is 0 Å². The zero-order valence-electron chi connectivity index (χ0n) is 8.03. The SMILES string of the molecule is C=Cc1cccc(C(O)CCC)c1. The predicted molar refractivity (Wildman–Crippen MR) is 56.4 cm³/mol. The second-order valence-corrected chi connectivity index (χ2v) is 3.18. The molecule has 0 aromatic heterocycles. The van der Waals surface area contributed by atoms with Crippen LogP contribution in [0, 0.1) is 0 Å². The van der Waals surface area contributed by atoms with E-state index in [1.54, 1.807) is 6.08 Å². The largest absolute Gasteiger partial charge is 0.388 e. The third kappa shape index (κ3) is 2.71. The highest BCUT2D eigenvalue weighted by atomic mass is 16.3. The van der Waals surface area contributed by atoms with Crippen LogP contribution in [0.2, 0.25) is 0 Å². The normalized spacial score (nSPS) is 12.5. The highest BCUT2D eigenvalue weighted by Gasteiger charge is 2.05. The Morgan fingerprint density at radius 3 is 2.92 bits per heavy atom. The zero-order chi connectivity index (χ0) is 9.68. The molecule has 1 aromatic carbocycles. The summed E-state index contributed by atoms with van der Waals surface area (Å²) in [6, 6.07) is 7.86. The monoisotopic (exact) mass is 176 g/mol. The molecule has 0 aliphatic rings. The van der Waals surface area contributed by atoms with Gasteiger partial charge < -0.3 is 5.11 Å². The molecule has 0 fully saturated rings. The van der Waals surface area contributed by atoms with E-state index in [1.807, 2.05) is 24.3 Å². The van der Waals surface area contributed by atoms with Gasteiger partial charge in [-0.15, -0.1) is 0 Å². The number of hydrogen-bond donors (Lipinski definition) is 1. The van der Waals surface area contributed by atoms with Gasteiger partial charge in [-0.1, -0.05) is 44.2 Å². The number of rotatable bonds is 4. The highest BCUT2D eigenvalue weighted by Crippen LogP contribution is 2.19. The number of hydrogen-bond acceptors (Lipinski definition) is 1. The van der Waals surface area contributed by atoms with Crippen molar-refractivity contribution in [1.29, 1.82) is 0 Å². The molecule has 0 amide bonds. The van der Waals surface area contributed by atoms with E-state index in [0.29, 0.717) is 0 Å². The van der Waals surface area contributed by atoms with Gasteiger partial charge >= 0.3 is 0 Å². The fourth-order valence-corrected chi connectivity index (χ4v) is 1.33. The van der Waals surface area contributed by atoms with Gasteiger partial charge in [0.25, 0.3) is 0 Å². The topological polar surface area (TPSA) is 20.2 Å². The number of aliphatic hydroxyl groups is 1. The average molecular weight is 176 g/mol. The number of aliphatic hydroxyl groups excluding tert-OH is 1. The van der Waals surface area contributed by atoms with Crippen molar-refractivity contribution in [3.63, 3.8) is 0 Å². The first kappa shape index (κ1) is 10.0. The first-order valence-electron chi connectivity index (χ1n) is 4.68. The Kier molecular flexibility index (Phi) is 3.71. The van der Waals surface area contributed by atoms with Crippen LogP contribution in [-0.2, 0) is 0 Å². The van der Waals surface area contributed by atoms with E-state index in [2.05, 4.69) is 13.5 Å². The van der Waals surface area contributed by atoms with E-state index < -0.39 is 0 Å². The fourth-order valence-electron chi connectivity index (χ4n) is 1.33. The molecule has 1 rings (SSSR count). The van der Waals surface area contributed by atoms with Gasteiger partial charge in [-0.3, -0.25) is 0 Å². The maximum Gasteiger partial charge on any atom is 0.0790 e. The smallest absolute Gasteiger partial charge is 0.0790 e. The molecule has 1 N–H and O–H groups in total. The van der Waals surface area contributed by atoms with Gasteiger partial charge in [0, 0.05) is 0 Å². The molecule has 70 valence electrons. The lowest BCUT2D eigenvalue weighted by Gasteiger charge is -2.09. The van der Waals surface area contributed by atoms with Crippen LogP contribution >= 0.6 is 0 Å². The maximum atomic E-state index is 9.71. The Morgan fingerprint density at radius 1 is 1.54 bits per heavy atom. The van der Waals surface area contributed by atoms with Gasteiger partial charge in [-0.25, -0.2) is 0 Å². The lowest BCUT2D eigenvalue weighted by molar-refractivity contribution is 0.166. The molecule has 1 aromatic rings. The highest BCUT2D eigenvalue weighted by molar-refractivity contribution is 5.48. The Bertz CT molecular complexity index is 278. The van der Waals surface area contributed by atoms with Crippen LogP contribution in [0.15, 0.2) is 30.8 Å². The number of benzene rings is 1. The van der Waals surface area contributed by atoms with Crippen LogP contribution in [0.4, 0.5) is 0 Å². The first-order valence-corrected chi connectivity index (χ1v) is 4.68. The van der Waals surface area contributed by atoms with Gasteiger partial charge in [-0.05, 0) is 23.6 Å². The summed E-state index contributed by atoms with van der Waals surface area (Å²) in [5, 5.41) is 9.71. The van der Waals surface area contributed by atoms with Crippen LogP contribution in [0.1, 0.15) is 37.0 Å². The molecular weight excluding hydrogens is 160 g/mol. The van der Waals surface area contributed by atoms with Crippen LogP contribution in [0.5, 0.6) is 0 Å². The van der Waals surface area contributed by atoms with Crippen molar-refractivity contribution in [3.05, 3.63) is 42.0 Å². The standard InChI is InChI=1S/C12H16O/c1-3-6-12(13)11-8-5-7-10(4-2)9-11/h4-5,7-9,12-13H,2-3,6H2,1H3. The van der Waals surface area contributed by atoms with Crippen molar-refractivity contribution < 1.29 is 5.11 Å². The van der Waals surface area contributed by atoms with Gasteiger partial charge in [-0.2, -0.15) is 0 Å². The first-order chi connectivity index (χ1) is 6.27. The van der Waals surface area contributed by atoms with Gasteiger partial charge in [0.15, 0.2) is 0 Å². The zero-order valence-corrected chi connectivity index (χ0v) is 8.03. The van der Waals surface area contributed by atoms with Crippen LogP contribution < -0.4 is 0 Å². The van der Waals surface area contributed by atoms with E-state index >= 15 is 0 Å². The molecule has 0 spiro atoms. The summed E-state index contributed by atoms with van der Waals surface area (Å²) in [6.45, 7) is 5.77. The van der Waals surface area contributed by atoms with Crippen molar-refractivity contribution >= 4 is 6.08 Å². The molecule has 1 nitrogen and oxygen atoms in total. The molecule has 0 saturated carbocycles. The molecule has 0 aliphatic heterocycles. The Labute approximate surface area is 79.7 Å². The lowest BCUT2D eigenvalue weighted by atomic mass is 10.0. The Morgan fingerprint density at radius 2 is 2.31 bits per heavy atom. The van der Waals surface area contributed by atoms with E-state index in [0.717, 1.165) is 24.0 Å². The summed E-state index contributed by atoms with van der Waals surface area (Å²) in [4.78, 5) is 0. The quantitative estimate of drug-likeness (QED) is 0.747. The van der Waals surface area contributed by atoms with E-state index in [9.17, 15) is 5.11 Å². The van der Waals surface area contributed by atoms with Gasteiger partial charge in [0.05, 0.1) is 6.10 Å². The predicted octanol–water partition coefficient (Wildman–Crippen LogP) is 3.16. The molecule has 0 saturated heterocycles. The lowest BCUT2D eigenvalue weighted by Crippen LogP contribution is -1.96. The van der Waals surface area contributed by atoms with Gasteiger partial charge in [0.2, 0.25) is 0 Å². The minimum atomic E-state index is -0.329. The Balaban J connectivity index is 2.81. The molecule has 0 aliphatic carbocycles. The van der Waals surface area contributed by atoms with Crippen molar-refractivity contribution in [3.8, 4) is 0 Å². The molecule has 1 unspecified atom stereocenters. The minimum absolute atomic E-state index is 0.329. The summed E-state index contributed by atoms with van der Waals surface area (Å²) in [5.41, 5.74) is 2.05. The van der Waals surface area contributed by atoms with E-state index in [1.165, 1.54) is 0 Å². The summed E-state index contributed by atoms with van der Waals surface area (Å²) in [7, 11) is 0. The van der Waals surface area contributed by atoms with Crippen molar-refractivity contribution in [2.24, 2.45) is 0 Å². The maximum absolute atomic E-state index is 9.71. The summed E-state index contributed by atoms with van der Waals surface area (Å²) in [6.07, 6.45) is 3.28. The average Bonchev–Trinajstić information content (AvgIpc) is 2.18. The molecule has 0 bridgehead atoms. The minimum Gasteiger partial charge on any atom is -0.388 e. The summed E-state index contributed by atoms with van der Waals surface area (Å²) >= 11 is 0. The van der Waals surface area contributed by atoms with E-state index in [-0.39, 0.29) is 6.10 Å². The molecule has 1 atom stereocenters. The van der Waals surface area contributed by atoms with Gasteiger partial charge in [0.1, 0.15) is 0 Å². The van der Waals surface area contributed by atoms with Crippen molar-refractivity contribution in [2.75, 3.05) is 0 Å².